The molecule has 2 heterocycles. The van der Waals surface area contributed by atoms with Gasteiger partial charge < -0.3 is 15.0 Å². The predicted octanol–water partition coefficient (Wildman–Crippen LogP) is 0.940. The third kappa shape index (κ3) is 1.78. The third-order valence-corrected chi connectivity index (χ3v) is 3.38. The van der Waals surface area contributed by atoms with Gasteiger partial charge in [0, 0.05) is 13.1 Å². The highest BCUT2D eigenvalue weighted by Crippen LogP contribution is 2.33. The summed E-state index contributed by atoms with van der Waals surface area (Å²) in [6.07, 6.45) is 0. The van der Waals surface area contributed by atoms with E-state index in [1.54, 1.807) is 0 Å². The van der Waals surface area contributed by atoms with Gasteiger partial charge in [-0.2, -0.15) is 0 Å². The van der Waals surface area contributed by atoms with Crippen LogP contribution in [0.5, 0.6) is 5.75 Å². The summed E-state index contributed by atoms with van der Waals surface area (Å²) in [5.41, 5.74) is 2.07. The molecule has 4 heteroatoms. The molecule has 17 heavy (non-hydrogen) atoms. The van der Waals surface area contributed by atoms with Crippen LogP contribution in [0.3, 0.4) is 0 Å². The lowest BCUT2D eigenvalue weighted by Crippen LogP contribution is -2.53. The Balaban J connectivity index is 1.90. The molecule has 1 N–H and O–H groups in total. The number of carbonyl (C=O) groups is 1. The van der Waals surface area contributed by atoms with Crippen LogP contribution in [0.1, 0.15) is 5.56 Å². The van der Waals surface area contributed by atoms with E-state index in [0.29, 0.717) is 13.2 Å². The van der Waals surface area contributed by atoms with Gasteiger partial charge >= 0.3 is 0 Å². The quantitative estimate of drug-likeness (QED) is 0.783. The van der Waals surface area contributed by atoms with Crippen molar-refractivity contribution in [1.29, 1.82) is 0 Å². The second-order valence-corrected chi connectivity index (χ2v) is 4.66. The van der Waals surface area contributed by atoms with Crippen molar-refractivity contribution in [2.24, 2.45) is 5.92 Å². The van der Waals surface area contributed by atoms with Gasteiger partial charge in [-0.25, -0.2) is 0 Å². The van der Waals surface area contributed by atoms with Crippen LogP contribution in [-0.4, -0.2) is 32.1 Å². The molecule has 90 valence electrons. The van der Waals surface area contributed by atoms with Crippen molar-refractivity contribution < 1.29 is 9.53 Å². The van der Waals surface area contributed by atoms with Crippen molar-refractivity contribution in [1.82, 2.24) is 5.32 Å². The molecular weight excluding hydrogens is 216 g/mol. The van der Waals surface area contributed by atoms with Gasteiger partial charge in [0.15, 0.2) is 0 Å². The Morgan fingerprint density at radius 3 is 3.00 bits per heavy atom. The molecule has 0 spiro atoms. The number of carbonyl (C=O) groups excluding carboxylic acids is 1. The largest absolute Gasteiger partial charge is 0.490 e. The zero-order valence-electron chi connectivity index (χ0n) is 9.90. The van der Waals surface area contributed by atoms with E-state index in [1.165, 1.54) is 0 Å². The number of rotatable bonds is 1. The molecule has 1 saturated heterocycles. The molecule has 1 aromatic carbocycles. The van der Waals surface area contributed by atoms with E-state index in [-0.39, 0.29) is 11.8 Å². The molecule has 2 aliphatic rings. The minimum atomic E-state index is 0.141. The number of ether oxygens (including phenoxy) is 1. The minimum absolute atomic E-state index is 0.141. The number of hydrogen-bond donors (Lipinski definition) is 1. The Hall–Kier alpha value is -1.55. The van der Waals surface area contributed by atoms with Crippen molar-refractivity contribution in [3.63, 3.8) is 0 Å². The summed E-state index contributed by atoms with van der Waals surface area (Å²) < 4.78 is 5.61. The average molecular weight is 232 g/mol. The maximum atomic E-state index is 12.3. The van der Waals surface area contributed by atoms with Gasteiger partial charge in [0.05, 0.1) is 18.2 Å². The van der Waals surface area contributed by atoms with Crippen molar-refractivity contribution in [2.45, 2.75) is 6.92 Å². The second kappa shape index (κ2) is 4.04. The molecule has 4 nitrogen and oxygen atoms in total. The van der Waals surface area contributed by atoms with Crippen LogP contribution in [0.15, 0.2) is 18.2 Å². The van der Waals surface area contributed by atoms with Crippen LogP contribution in [-0.2, 0) is 4.79 Å². The van der Waals surface area contributed by atoms with E-state index in [2.05, 4.69) is 5.32 Å². The van der Waals surface area contributed by atoms with Crippen LogP contribution in [0.4, 0.5) is 5.69 Å². The molecule has 1 fully saturated rings. The van der Waals surface area contributed by atoms with Crippen molar-refractivity contribution in [3.8, 4) is 5.75 Å². The number of aryl methyl sites for hydroxylation is 1. The predicted molar refractivity (Wildman–Crippen MR) is 65.4 cm³/mol. The molecule has 3 rings (SSSR count). The Morgan fingerprint density at radius 1 is 1.47 bits per heavy atom. The average Bonchev–Trinajstić information content (AvgIpc) is 2.25. The van der Waals surface area contributed by atoms with Crippen LogP contribution >= 0.6 is 0 Å². The molecule has 0 atom stereocenters. The van der Waals surface area contributed by atoms with Gasteiger partial charge in [-0.15, -0.1) is 0 Å². The maximum Gasteiger partial charge on any atom is 0.232 e. The van der Waals surface area contributed by atoms with Gasteiger partial charge in [0.2, 0.25) is 5.91 Å². The van der Waals surface area contributed by atoms with Gasteiger partial charge in [-0.05, 0) is 24.6 Å². The Labute approximate surface area is 101 Å². The Bertz CT molecular complexity index is 455. The van der Waals surface area contributed by atoms with E-state index >= 15 is 0 Å². The fraction of sp³-hybridized carbons (Fsp3) is 0.462. The van der Waals surface area contributed by atoms with Gasteiger partial charge in [-0.1, -0.05) is 6.07 Å². The lowest BCUT2D eigenvalue weighted by atomic mass is 10.0. The van der Waals surface area contributed by atoms with E-state index in [9.17, 15) is 4.79 Å². The summed E-state index contributed by atoms with van der Waals surface area (Å²) in [5.74, 6) is 1.19. The fourth-order valence-electron chi connectivity index (χ4n) is 2.24. The Morgan fingerprint density at radius 2 is 2.29 bits per heavy atom. The van der Waals surface area contributed by atoms with Crippen LogP contribution in [0, 0.1) is 12.8 Å². The lowest BCUT2D eigenvalue weighted by molar-refractivity contribution is -0.124. The van der Waals surface area contributed by atoms with E-state index in [1.807, 2.05) is 30.0 Å². The third-order valence-electron chi connectivity index (χ3n) is 3.38. The van der Waals surface area contributed by atoms with E-state index in [4.69, 9.17) is 4.74 Å². The van der Waals surface area contributed by atoms with Crippen molar-refractivity contribution in [3.05, 3.63) is 23.8 Å². The summed E-state index contributed by atoms with van der Waals surface area (Å²) in [5, 5.41) is 3.14. The fourth-order valence-corrected chi connectivity index (χ4v) is 2.24. The molecule has 1 amide bonds. The van der Waals surface area contributed by atoms with Crippen molar-refractivity contribution >= 4 is 11.6 Å². The normalized spacial score (nSPS) is 19.2. The summed E-state index contributed by atoms with van der Waals surface area (Å²) in [6, 6.07) is 5.99. The monoisotopic (exact) mass is 232 g/mol. The number of anilines is 1. The molecule has 0 unspecified atom stereocenters. The zero-order valence-corrected chi connectivity index (χ0v) is 9.90. The molecule has 1 aromatic rings. The lowest BCUT2D eigenvalue weighted by Gasteiger charge is -2.35. The molecule has 0 aromatic heterocycles. The van der Waals surface area contributed by atoms with Crippen LogP contribution in [0.25, 0.3) is 0 Å². The molecular formula is C13H16N2O2. The highest BCUT2D eigenvalue weighted by atomic mass is 16.5. The second-order valence-electron chi connectivity index (χ2n) is 4.66. The maximum absolute atomic E-state index is 12.3. The molecule has 2 aliphatic heterocycles. The summed E-state index contributed by atoms with van der Waals surface area (Å²) in [6.45, 7) is 4.88. The van der Waals surface area contributed by atoms with E-state index < -0.39 is 0 Å². The first kappa shape index (κ1) is 10.6. The van der Waals surface area contributed by atoms with Crippen molar-refractivity contribution in [2.75, 3.05) is 31.1 Å². The first-order valence-corrected chi connectivity index (χ1v) is 6.01. The minimum Gasteiger partial charge on any atom is -0.490 e. The number of benzene rings is 1. The first-order chi connectivity index (χ1) is 8.25. The van der Waals surface area contributed by atoms with Gasteiger partial charge in [0.1, 0.15) is 12.4 Å². The number of nitrogens with zero attached hydrogens (tertiary/aromatic N) is 1. The Kier molecular flexibility index (Phi) is 2.52. The van der Waals surface area contributed by atoms with E-state index in [0.717, 1.165) is 30.1 Å². The van der Waals surface area contributed by atoms with Gasteiger partial charge in [0.25, 0.3) is 0 Å². The summed E-state index contributed by atoms with van der Waals surface area (Å²) >= 11 is 0. The molecule has 0 radical (unpaired) electrons. The summed E-state index contributed by atoms with van der Waals surface area (Å²) in [4.78, 5) is 14.1. The number of nitrogens with one attached hydrogen (secondary N) is 1. The smallest absolute Gasteiger partial charge is 0.232 e. The SMILES string of the molecule is Cc1ccc2c(c1)OCCN2C(=O)C1CNC1. The number of fused-ring (bicyclic) bond motifs is 1. The standard InChI is InChI=1S/C13H16N2O2/c1-9-2-3-11-12(6-9)17-5-4-15(11)13(16)10-7-14-8-10/h2-3,6,10,14H,4-5,7-8H2,1H3. The van der Waals surface area contributed by atoms with Gasteiger partial charge in [-0.3, -0.25) is 4.79 Å². The first-order valence-electron chi connectivity index (χ1n) is 6.01. The highest BCUT2D eigenvalue weighted by Gasteiger charge is 2.32. The topological polar surface area (TPSA) is 41.6 Å². The number of amides is 1. The molecule has 0 saturated carbocycles. The van der Waals surface area contributed by atoms with Crippen LogP contribution < -0.4 is 15.0 Å². The molecule has 0 aliphatic carbocycles. The zero-order chi connectivity index (χ0) is 11.8. The highest BCUT2D eigenvalue weighted by molar-refractivity contribution is 5.97. The van der Waals surface area contributed by atoms with Crippen LogP contribution in [0.2, 0.25) is 0 Å². The number of hydrogen-bond acceptors (Lipinski definition) is 3. The summed E-state index contributed by atoms with van der Waals surface area (Å²) in [7, 11) is 0. The molecule has 0 bridgehead atoms.